The molecule has 0 saturated carbocycles. The van der Waals surface area contributed by atoms with Gasteiger partial charge < -0.3 is 30.2 Å². The fourth-order valence-electron chi connectivity index (χ4n) is 5.17. The topological polar surface area (TPSA) is 115 Å². The summed E-state index contributed by atoms with van der Waals surface area (Å²) in [4.78, 5) is 41.3. The molecular formula is C41H39N3O6S. The number of nitrogens with one attached hydrogen (secondary N) is 3. The number of amides is 3. The van der Waals surface area contributed by atoms with E-state index in [9.17, 15) is 14.4 Å². The maximum absolute atomic E-state index is 13.7. The zero-order valence-corrected chi connectivity index (χ0v) is 29.8. The summed E-state index contributed by atoms with van der Waals surface area (Å²) in [5.74, 6) is 0.0170. The fourth-order valence-corrected chi connectivity index (χ4v) is 6.20. The van der Waals surface area contributed by atoms with Crippen LogP contribution in [0.2, 0.25) is 0 Å². The molecule has 51 heavy (non-hydrogen) atoms. The number of hydrogen-bond acceptors (Lipinski definition) is 7. The minimum Gasteiger partial charge on any atom is -0.493 e. The van der Waals surface area contributed by atoms with Crippen molar-refractivity contribution in [3.05, 3.63) is 149 Å². The third kappa shape index (κ3) is 9.37. The van der Waals surface area contributed by atoms with Gasteiger partial charge in [-0.15, -0.1) is 11.8 Å². The molecule has 0 aromatic heterocycles. The van der Waals surface area contributed by atoms with Gasteiger partial charge in [-0.25, -0.2) is 0 Å². The quantitative estimate of drug-likeness (QED) is 0.0838. The highest BCUT2D eigenvalue weighted by atomic mass is 32.2. The first kappa shape index (κ1) is 36.3. The highest BCUT2D eigenvalue weighted by molar-refractivity contribution is 8.00. The lowest BCUT2D eigenvalue weighted by atomic mass is 10.1. The maximum atomic E-state index is 13.7. The van der Waals surface area contributed by atoms with Crippen LogP contribution in [0, 0.1) is 13.8 Å². The van der Waals surface area contributed by atoms with Gasteiger partial charge in [0.1, 0.15) is 10.9 Å². The number of carbonyl (C=O) groups excluding carboxylic acids is 3. The highest BCUT2D eigenvalue weighted by Gasteiger charge is 2.23. The Morgan fingerprint density at radius 1 is 0.667 bits per heavy atom. The van der Waals surface area contributed by atoms with Gasteiger partial charge in [-0.3, -0.25) is 14.4 Å². The minimum atomic E-state index is -0.552. The van der Waals surface area contributed by atoms with Crippen molar-refractivity contribution >= 4 is 46.9 Å². The summed E-state index contributed by atoms with van der Waals surface area (Å²) in [6.07, 6.45) is 1.53. The number of thioether (sulfide) groups is 1. The minimum absolute atomic E-state index is 0.0104. The molecule has 9 nitrogen and oxygen atoms in total. The van der Waals surface area contributed by atoms with Crippen LogP contribution in [0.25, 0.3) is 6.08 Å². The van der Waals surface area contributed by atoms with Crippen molar-refractivity contribution in [1.82, 2.24) is 5.32 Å². The molecule has 0 aliphatic heterocycles. The van der Waals surface area contributed by atoms with Crippen LogP contribution < -0.4 is 30.2 Å². The molecule has 1 atom stereocenters. The van der Waals surface area contributed by atoms with E-state index in [1.54, 1.807) is 54.6 Å². The van der Waals surface area contributed by atoms with Crippen LogP contribution in [0.4, 0.5) is 11.4 Å². The Bertz CT molecular complexity index is 2010. The number of methoxy groups -OCH3 is 3. The molecule has 5 rings (SSSR count). The third-order valence-corrected chi connectivity index (χ3v) is 9.27. The van der Waals surface area contributed by atoms with Crippen molar-refractivity contribution in [1.29, 1.82) is 0 Å². The molecule has 0 heterocycles. The zero-order chi connectivity index (χ0) is 36.3. The van der Waals surface area contributed by atoms with Gasteiger partial charge >= 0.3 is 0 Å². The molecule has 3 amide bonds. The molecule has 0 aliphatic carbocycles. The molecule has 1 unspecified atom stereocenters. The van der Waals surface area contributed by atoms with Crippen molar-refractivity contribution in [3.8, 4) is 17.2 Å². The van der Waals surface area contributed by atoms with E-state index in [0.29, 0.717) is 34.1 Å². The first-order valence-corrected chi connectivity index (χ1v) is 17.0. The first-order chi connectivity index (χ1) is 24.7. The summed E-state index contributed by atoms with van der Waals surface area (Å²) >= 11 is 1.40. The van der Waals surface area contributed by atoms with Crippen molar-refractivity contribution in [3.63, 3.8) is 0 Å². The predicted octanol–water partition coefficient (Wildman–Crippen LogP) is 8.21. The van der Waals surface area contributed by atoms with E-state index in [2.05, 4.69) is 16.0 Å². The Hall–Kier alpha value is -6.00. The number of carbonyl (C=O) groups is 3. The lowest BCUT2D eigenvalue weighted by Crippen LogP contribution is -2.30. The Morgan fingerprint density at radius 3 is 1.86 bits per heavy atom. The second-order valence-electron chi connectivity index (χ2n) is 11.5. The Kier molecular flexibility index (Phi) is 12.2. The fraction of sp³-hybridized carbons (Fsp3) is 0.146. The second-order valence-corrected chi connectivity index (χ2v) is 12.7. The largest absolute Gasteiger partial charge is 0.493 e. The molecule has 0 aliphatic rings. The molecule has 10 heteroatoms. The van der Waals surface area contributed by atoms with Gasteiger partial charge in [0, 0.05) is 21.8 Å². The van der Waals surface area contributed by atoms with E-state index in [0.717, 1.165) is 27.3 Å². The van der Waals surface area contributed by atoms with E-state index < -0.39 is 17.1 Å². The lowest BCUT2D eigenvalue weighted by molar-refractivity contribution is -0.116. The number of aryl methyl sites for hydroxylation is 2. The van der Waals surface area contributed by atoms with E-state index in [1.807, 2.05) is 74.5 Å². The average molecular weight is 702 g/mol. The highest BCUT2D eigenvalue weighted by Crippen LogP contribution is 2.39. The molecule has 260 valence electrons. The summed E-state index contributed by atoms with van der Waals surface area (Å²) in [7, 11) is 4.50. The van der Waals surface area contributed by atoms with Gasteiger partial charge in [-0.05, 0) is 103 Å². The summed E-state index contributed by atoms with van der Waals surface area (Å²) in [5, 5.41) is 8.16. The predicted molar refractivity (Wildman–Crippen MR) is 203 cm³/mol. The normalized spacial score (nSPS) is 11.6. The SMILES string of the molecule is COc1cc(/C=C(\NC(=O)c2ccccc2)C(=O)Nc2ccc(SC(C(=O)Nc3ccc(C)c(C)c3)c3ccccc3)cc2)cc(OC)c1OC. The van der Waals surface area contributed by atoms with Gasteiger partial charge in [0.2, 0.25) is 11.7 Å². The summed E-state index contributed by atoms with van der Waals surface area (Å²) in [6.45, 7) is 4.04. The average Bonchev–Trinajstić information content (AvgIpc) is 3.15. The molecule has 0 saturated heterocycles. The van der Waals surface area contributed by atoms with Gasteiger partial charge in [0.25, 0.3) is 11.8 Å². The molecule has 0 bridgehead atoms. The summed E-state index contributed by atoms with van der Waals surface area (Å²) in [5.41, 5.74) is 5.23. The van der Waals surface area contributed by atoms with Crippen LogP contribution in [0.15, 0.2) is 126 Å². The lowest BCUT2D eigenvalue weighted by Gasteiger charge is -2.18. The number of hydrogen-bond donors (Lipinski definition) is 3. The molecule has 5 aromatic rings. The van der Waals surface area contributed by atoms with E-state index in [1.165, 1.54) is 39.2 Å². The van der Waals surface area contributed by atoms with Crippen LogP contribution in [0.3, 0.4) is 0 Å². The van der Waals surface area contributed by atoms with Gasteiger partial charge in [0.15, 0.2) is 11.5 Å². The van der Waals surface area contributed by atoms with Crippen LogP contribution in [-0.2, 0) is 9.59 Å². The van der Waals surface area contributed by atoms with Gasteiger partial charge in [-0.2, -0.15) is 0 Å². The number of ether oxygens (including phenoxy) is 3. The Morgan fingerprint density at radius 2 is 1.27 bits per heavy atom. The van der Waals surface area contributed by atoms with Gasteiger partial charge in [-0.1, -0.05) is 54.6 Å². The first-order valence-electron chi connectivity index (χ1n) is 16.1. The van der Waals surface area contributed by atoms with Crippen molar-refractivity contribution in [2.24, 2.45) is 0 Å². The van der Waals surface area contributed by atoms with Crippen LogP contribution in [0.5, 0.6) is 17.2 Å². The Balaban J connectivity index is 1.38. The Labute approximate surface area is 302 Å². The zero-order valence-electron chi connectivity index (χ0n) is 29.0. The number of rotatable bonds is 13. The van der Waals surface area contributed by atoms with Crippen molar-refractivity contribution < 1.29 is 28.6 Å². The number of anilines is 2. The molecule has 0 spiro atoms. The van der Waals surface area contributed by atoms with Gasteiger partial charge in [0.05, 0.1) is 21.3 Å². The van der Waals surface area contributed by atoms with Crippen molar-refractivity contribution in [2.75, 3.05) is 32.0 Å². The van der Waals surface area contributed by atoms with Crippen LogP contribution in [-0.4, -0.2) is 39.1 Å². The van der Waals surface area contributed by atoms with E-state index >= 15 is 0 Å². The molecule has 3 N–H and O–H groups in total. The second kappa shape index (κ2) is 17.1. The van der Waals surface area contributed by atoms with Crippen LogP contribution in [0.1, 0.15) is 37.9 Å². The monoisotopic (exact) mass is 701 g/mol. The molecular weight excluding hydrogens is 663 g/mol. The molecule has 0 radical (unpaired) electrons. The summed E-state index contributed by atoms with van der Waals surface area (Å²) in [6, 6.07) is 34.6. The van der Waals surface area contributed by atoms with E-state index in [4.69, 9.17) is 14.2 Å². The summed E-state index contributed by atoms with van der Waals surface area (Å²) < 4.78 is 16.4. The standard InChI is InChI=1S/C41H39N3O6S/c1-26-16-17-32(22-27(26)2)43-41(47)38(29-12-8-6-9-13-29)51-33-20-18-31(19-21-33)42-40(46)34(44-39(45)30-14-10-7-11-15-30)23-28-24-35(48-3)37(50-5)36(25-28)49-4/h6-25,38H,1-5H3,(H,42,46)(H,43,47)(H,44,45)/b34-23-. The van der Waals surface area contributed by atoms with E-state index in [-0.39, 0.29) is 11.6 Å². The smallest absolute Gasteiger partial charge is 0.272 e. The van der Waals surface area contributed by atoms with Crippen molar-refractivity contribution in [2.45, 2.75) is 24.0 Å². The number of benzene rings is 5. The molecule has 0 fully saturated rings. The van der Waals surface area contributed by atoms with Crippen LogP contribution >= 0.6 is 11.8 Å². The molecule has 5 aromatic carbocycles. The maximum Gasteiger partial charge on any atom is 0.272 e. The third-order valence-electron chi connectivity index (χ3n) is 8.01.